The lowest BCUT2D eigenvalue weighted by molar-refractivity contribution is -0.137. The molecule has 0 fully saturated rings. The summed E-state index contributed by atoms with van der Waals surface area (Å²) in [5.74, 6) is -0.821. The van der Waals surface area contributed by atoms with Crippen LogP contribution in [0.2, 0.25) is 0 Å². The first-order chi connectivity index (χ1) is 4.54. The van der Waals surface area contributed by atoms with Gasteiger partial charge in [-0.3, -0.25) is 4.79 Å². The molecule has 0 rings (SSSR count). The van der Waals surface area contributed by atoms with Crippen molar-refractivity contribution in [1.82, 2.24) is 0 Å². The Bertz CT molecular complexity index is 119. The van der Waals surface area contributed by atoms with Crippen LogP contribution in [0.15, 0.2) is 0 Å². The summed E-state index contributed by atoms with van der Waals surface area (Å²) < 4.78 is 0. The van der Waals surface area contributed by atoms with Crippen molar-refractivity contribution < 1.29 is 9.90 Å². The summed E-state index contributed by atoms with van der Waals surface area (Å²) in [5, 5.41) is 8.43. The number of halogens is 1. The van der Waals surface area contributed by atoms with Gasteiger partial charge < -0.3 is 5.11 Å². The molecule has 1 N–H and O–H groups in total. The van der Waals surface area contributed by atoms with Gasteiger partial charge in [-0.2, -0.15) is 0 Å². The molecule has 0 radical (unpaired) electrons. The summed E-state index contributed by atoms with van der Waals surface area (Å²) in [4.78, 5) is 9.73. The van der Waals surface area contributed by atoms with Crippen molar-refractivity contribution >= 4 is 17.6 Å². The molecule has 0 saturated carbocycles. The monoisotopic (exact) mass is 164 g/mol. The molecule has 0 spiro atoms. The predicted molar refractivity (Wildman–Crippen MR) is 41.4 cm³/mol. The van der Waals surface area contributed by atoms with Crippen LogP contribution in [-0.2, 0) is 4.79 Å². The maximum Gasteiger partial charge on any atom is 0.305 e. The van der Waals surface area contributed by atoms with Crippen molar-refractivity contribution in [1.29, 1.82) is 0 Å². The maximum atomic E-state index is 10.2. The second kappa shape index (κ2) is 3.81. The van der Waals surface area contributed by atoms with E-state index in [9.17, 15) is 4.79 Å². The van der Waals surface area contributed by atoms with Gasteiger partial charge in [-0.05, 0) is 12.8 Å². The number of aliphatic carboxylic acids is 1. The molecule has 0 atom stereocenters. The first-order valence-electron chi connectivity index (χ1n) is 3.45. The zero-order valence-corrected chi connectivity index (χ0v) is 7.11. The van der Waals surface area contributed by atoms with Crippen molar-refractivity contribution in [3.63, 3.8) is 0 Å². The molecule has 3 heteroatoms. The summed E-state index contributed by atoms with van der Waals surface area (Å²) in [6, 6.07) is 0. The lowest BCUT2D eigenvalue weighted by Gasteiger charge is -2.20. The largest absolute Gasteiger partial charge is 0.481 e. The number of rotatable bonds is 4. The average Bonchev–Trinajstić information content (AvgIpc) is 1.87. The van der Waals surface area contributed by atoms with Gasteiger partial charge in [0, 0.05) is 0 Å². The molecule has 0 aromatic carbocycles. The highest BCUT2D eigenvalue weighted by molar-refractivity contribution is 6.24. The maximum absolute atomic E-state index is 10.2. The molecule has 0 heterocycles. The third-order valence-corrected chi connectivity index (χ3v) is 2.40. The number of carboxylic acids is 1. The van der Waals surface area contributed by atoms with Crippen LogP contribution in [0.3, 0.4) is 0 Å². The first-order valence-corrected chi connectivity index (χ1v) is 3.82. The lowest BCUT2D eigenvalue weighted by atomic mass is 9.99. The van der Waals surface area contributed by atoms with Crippen LogP contribution in [0.25, 0.3) is 0 Å². The average molecular weight is 165 g/mol. The molecule has 0 bridgehead atoms. The van der Waals surface area contributed by atoms with E-state index in [0.29, 0.717) is 12.8 Å². The van der Waals surface area contributed by atoms with Gasteiger partial charge >= 0.3 is 5.97 Å². The van der Waals surface area contributed by atoms with Crippen molar-refractivity contribution in [2.45, 2.75) is 38.0 Å². The minimum absolute atomic E-state index is 0.0571. The van der Waals surface area contributed by atoms with Crippen molar-refractivity contribution in [3.8, 4) is 0 Å². The lowest BCUT2D eigenvalue weighted by Crippen LogP contribution is -2.23. The minimum atomic E-state index is -0.821. The fourth-order valence-electron chi connectivity index (χ4n) is 0.771. The van der Waals surface area contributed by atoms with Gasteiger partial charge in [0.1, 0.15) is 0 Å². The summed E-state index contributed by atoms with van der Waals surface area (Å²) in [5.41, 5.74) is 0. The Morgan fingerprint density at radius 1 is 1.50 bits per heavy atom. The van der Waals surface area contributed by atoms with Gasteiger partial charge in [-0.1, -0.05) is 13.8 Å². The molecule has 0 aromatic heterocycles. The summed E-state index contributed by atoms with van der Waals surface area (Å²) in [6.45, 7) is 3.80. The van der Waals surface area contributed by atoms with Crippen LogP contribution in [0.4, 0.5) is 0 Å². The number of hydrogen-bond donors (Lipinski definition) is 1. The first kappa shape index (κ1) is 9.76. The molecule has 60 valence electrons. The second-order valence-corrected chi connectivity index (χ2v) is 3.23. The fourth-order valence-corrected chi connectivity index (χ4v) is 0.885. The van der Waals surface area contributed by atoms with Crippen LogP contribution in [0.5, 0.6) is 0 Å². The molecule has 0 aliphatic rings. The summed E-state index contributed by atoms with van der Waals surface area (Å²) in [7, 11) is 0. The topological polar surface area (TPSA) is 37.3 Å². The fraction of sp³-hybridized carbons (Fsp3) is 0.857. The highest BCUT2D eigenvalue weighted by Gasteiger charge is 2.25. The van der Waals surface area contributed by atoms with Gasteiger partial charge in [0.05, 0.1) is 11.3 Å². The Hall–Kier alpha value is -0.240. The zero-order chi connectivity index (χ0) is 8.20. The number of carboxylic acid groups (broad SMARTS) is 1. The zero-order valence-electron chi connectivity index (χ0n) is 6.35. The Labute approximate surface area is 66.2 Å². The second-order valence-electron chi connectivity index (χ2n) is 2.43. The van der Waals surface area contributed by atoms with Crippen LogP contribution < -0.4 is 0 Å². The third kappa shape index (κ3) is 3.06. The van der Waals surface area contributed by atoms with E-state index >= 15 is 0 Å². The summed E-state index contributed by atoms with van der Waals surface area (Å²) in [6.07, 6.45) is 1.47. The number of hydrogen-bond acceptors (Lipinski definition) is 1. The molecule has 0 amide bonds. The molecule has 0 aliphatic carbocycles. The van der Waals surface area contributed by atoms with E-state index in [1.54, 1.807) is 0 Å². The normalized spacial score (nSPS) is 11.5. The van der Waals surface area contributed by atoms with E-state index in [2.05, 4.69) is 0 Å². The molecule has 0 aromatic rings. The smallest absolute Gasteiger partial charge is 0.305 e. The van der Waals surface area contributed by atoms with Crippen LogP contribution >= 0.6 is 11.6 Å². The van der Waals surface area contributed by atoms with E-state index in [0.717, 1.165) is 0 Å². The third-order valence-electron chi connectivity index (χ3n) is 1.74. The summed E-state index contributed by atoms with van der Waals surface area (Å²) >= 11 is 5.92. The van der Waals surface area contributed by atoms with E-state index in [-0.39, 0.29) is 6.42 Å². The molecule has 0 aliphatic heterocycles. The molecule has 0 saturated heterocycles. The van der Waals surface area contributed by atoms with Crippen molar-refractivity contribution in [3.05, 3.63) is 0 Å². The molecular weight excluding hydrogens is 152 g/mol. The number of carbonyl (C=O) groups is 1. The minimum Gasteiger partial charge on any atom is -0.481 e. The van der Waals surface area contributed by atoms with Crippen LogP contribution in [0, 0.1) is 0 Å². The number of alkyl halides is 1. The van der Waals surface area contributed by atoms with Gasteiger partial charge in [0.15, 0.2) is 0 Å². The highest BCUT2D eigenvalue weighted by atomic mass is 35.5. The van der Waals surface area contributed by atoms with Crippen molar-refractivity contribution in [2.75, 3.05) is 0 Å². The standard InChI is InChI=1S/C7H13ClO2/c1-3-7(8,4-2)5-6(9)10/h3-5H2,1-2H3,(H,9,10). The SMILES string of the molecule is CCC(Cl)(CC)CC(=O)O. The highest BCUT2D eigenvalue weighted by Crippen LogP contribution is 2.27. The predicted octanol–water partition coefficient (Wildman–Crippen LogP) is 2.26. The van der Waals surface area contributed by atoms with Gasteiger partial charge in [-0.25, -0.2) is 0 Å². The Morgan fingerprint density at radius 3 is 2.00 bits per heavy atom. The molecular formula is C7H13ClO2. The Morgan fingerprint density at radius 2 is 1.90 bits per heavy atom. The van der Waals surface area contributed by atoms with Crippen LogP contribution in [0.1, 0.15) is 33.1 Å². The molecule has 0 unspecified atom stereocenters. The molecule has 10 heavy (non-hydrogen) atoms. The van der Waals surface area contributed by atoms with E-state index < -0.39 is 10.8 Å². The van der Waals surface area contributed by atoms with E-state index in [4.69, 9.17) is 16.7 Å². The van der Waals surface area contributed by atoms with E-state index in [1.165, 1.54) is 0 Å². The van der Waals surface area contributed by atoms with Gasteiger partial charge in [-0.15, -0.1) is 11.6 Å². The van der Waals surface area contributed by atoms with Gasteiger partial charge in [0.25, 0.3) is 0 Å². The molecule has 2 nitrogen and oxygen atoms in total. The van der Waals surface area contributed by atoms with Gasteiger partial charge in [0.2, 0.25) is 0 Å². The van der Waals surface area contributed by atoms with Crippen LogP contribution in [-0.4, -0.2) is 16.0 Å². The Kier molecular flexibility index (Phi) is 3.72. The van der Waals surface area contributed by atoms with Crippen molar-refractivity contribution in [2.24, 2.45) is 0 Å². The van der Waals surface area contributed by atoms with E-state index in [1.807, 2.05) is 13.8 Å². The Balaban J connectivity index is 3.92. The quantitative estimate of drug-likeness (QED) is 0.648.